The average Bonchev–Trinajstić information content (AvgIpc) is 2.17. The molecule has 0 bridgehead atoms. The molecule has 1 aliphatic rings. The van der Waals surface area contributed by atoms with Crippen LogP contribution in [0.5, 0.6) is 5.75 Å². The van der Waals surface area contributed by atoms with Gasteiger partial charge in [-0.25, -0.2) is 0 Å². The Bertz CT molecular complexity index is 380. The first-order chi connectivity index (χ1) is 6.68. The average molecular weight is 258 g/mol. The van der Waals surface area contributed by atoms with Crippen LogP contribution >= 0.6 is 15.9 Å². The summed E-state index contributed by atoms with van der Waals surface area (Å²) in [6.45, 7) is 0.601. The minimum absolute atomic E-state index is 0.0744. The van der Waals surface area contributed by atoms with E-state index in [0.717, 1.165) is 12.0 Å². The summed E-state index contributed by atoms with van der Waals surface area (Å²) in [4.78, 5) is 10.3. The number of nitro benzene ring substituents is 1. The van der Waals surface area contributed by atoms with Crippen LogP contribution in [0.25, 0.3) is 0 Å². The molecule has 14 heavy (non-hydrogen) atoms. The van der Waals surface area contributed by atoms with Crippen LogP contribution < -0.4 is 4.74 Å². The molecule has 1 aromatic rings. The monoisotopic (exact) mass is 257 g/mol. The Kier molecular flexibility index (Phi) is 2.41. The van der Waals surface area contributed by atoms with Gasteiger partial charge < -0.3 is 4.74 Å². The predicted molar refractivity (Wildman–Crippen MR) is 54.9 cm³/mol. The summed E-state index contributed by atoms with van der Waals surface area (Å²) < 4.78 is 5.35. The van der Waals surface area contributed by atoms with Crippen molar-refractivity contribution in [3.63, 3.8) is 0 Å². The summed E-state index contributed by atoms with van der Waals surface area (Å²) in [5.74, 6) is 0.618. The molecular weight excluding hydrogens is 250 g/mol. The molecule has 0 saturated heterocycles. The van der Waals surface area contributed by atoms with Crippen molar-refractivity contribution in [1.29, 1.82) is 0 Å². The third-order valence-electron chi connectivity index (χ3n) is 2.17. The lowest BCUT2D eigenvalue weighted by Gasteiger charge is -2.21. The van der Waals surface area contributed by atoms with Crippen molar-refractivity contribution < 1.29 is 9.66 Å². The first-order valence-electron chi connectivity index (χ1n) is 4.23. The van der Waals surface area contributed by atoms with Crippen LogP contribution in [0, 0.1) is 10.1 Å². The summed E-state index contributed by atoms with van der Waals surface area (Å²) in [5, 5.41) is 10.5. The molecule has 0 amide bonds. The molecular formula is C9H8BrNO3. The van der Waals surface area contributed by atoms with E-state index in [1.165, 1.54) is 12.1 Å². The zero-order valence-corrected chi connectivity index (χ0v) is 8.86. The number of rotatable bonds is 1. The van der Waals surface area contributed by atoms with E-state index in [4.69, 9.17) is 4.74 Å². The molecule has 1 atom stereocenters. The third kappa shape index (κ3) is 1.59. The highest BCUT2D eigenvalue weighted by Gasteiger charge is 2.21. The second-order valence-corrected chi connectivity index (χ2v) is 4.19. The molecule has 4 nitrogen and oxygen atoms in total. The second kappa shape index (κ2) is 3.57. The van der Waals surface area contributed by atoms with Crippen LogP contribution in [-0.4, -0.2) is 11.5 Å². The first-order valence-corrected chi connectivity index (χ1v) is 5.15. The lowest BCUT2D eigenvalue weighted by molar-refractivity contribution is -0.385. The largest absolute Gasteiger partial charge is 0.493 e. The van der Waals surface area contributed by atoms with Crippen molar-refractivity contribution in [3.05, 3.63) is 33.9 Å². The van der Waals surface area contributed by atoms with Crippen LogP contribution in [0.3, 0.4) is 0 Å². The Balaban J connectivity index is 2.44. The fraction of sp³-hybridized carbons (Fsp3) is 0.333. The summed E-state index contributed by atoms with van der Waals surface area (Å²) in [6, 6.07) is 4.72. The van der Waals surface area contributed by atoms with E-state index >= 15 is 0 Å². The van der Waals surface area contributed by atoms with E-state index in [-0.39, 0.29) is 10.5 Å². The summed E-state index contributed by atoms with van der Waals surface area (Å²) in [7, 11) is 0. The number of halogens is 1. The number of fused-ring (bicyclic) bond motifs is 1. The molecule has 0 aliphatic carbocycles. The summed E-state index contributed by atoms with van der Waals surface area (Å²) in [6.07, 6.45) is 0.894. The van der Waals surface area contributed by atoms with Gasteiger partial charge >= 0.3 is 0 Å². The van der Waals surface area contributed by atoms with Gasteiger partial charge in [-0.15, -0.1) is 0 Å². The standard InChI is InChI=1S/C9H8BrNO3/c10-8-3-4-14-9-5-6(11(12)13)1-2-7(8)9/h1-2,5,8H,3-4H2. The van der Waals surface area contributed by atoms with Crippen LogP contribution in [0.2, 0.25) is 0 Å². The van der Waals surface area contributed by atoms with Gasteiger partial charge in [0, 0.05) is 16.5 Å². The molecule has 0 saturated carbocycles. The van der Waals surface area contributed by atoms with E-state index in [1.54, 1.807) is 6.07 Å². The van der Waals surface area contributed by atoms with E-state index < -0.39 is 4.92 Å². The Morgan fingerprint density at radius 3 is 3.07 bits per heavy atom. The molecule has 0 fully saturated rings. The predicted octanol–water partition coefficient (Wildman–Crippen LogP) is 2.81. The molecule has 0 radical (unpaired) electrons. The van der Waals surface area contributed by atoms with Crippen LogP contribution in [-0.2, 0) is 0 Å². The van der Waals surface area contributed by atoms with Gasteiger partial charge in [-0.05, 0) is 12.5 Å². The SMILES string of the molecule is O=[N+]([O-])c1ccc2c(c1)OCCC2Br. The molecule has 1 aromatic carbocycles. The topological polar surface area (TPSA) is 52.4 Å². The molecule has 74 valence electrons. The molecule has 1 aliphatic heterocycles. The maximum absolute atomic E-state index is 10.5. The van der Waals surface area contributed by atoms with Crippen molar-refractivity contribution >= 4 is 21.6 Å². The van der Waals surface area contributed by atoms with Gasteiger partial charge in [0.2, 0.25) is 0 Å². The number of ether oxygens (including phenoxy) is 1. The lowest BCUT2D eigenvalue weighted by Crippen LogP contribution is -2.10. The number of nitrogens with zero attached hydrogens (tertiary/aromatic N) is 1. The fourth-order valence-corrected chi connectivity index (χ4v) is 2.01. The summed E-state index contributed by atoms with van der Waals surface area (Å²) >= 11 is 3.50. The third-order valence-corrected chi connectivity index (χ3v) is 3.13. The first kappa shape index (κ1) is 9.45. The molecule has 0 N–H and O–H groups in total. The van der Waals surface area contributed by atoms with Gasteiger partial charge in [-0.1, -0.05) is 15.9 Å². The number of benzene rings is 1. The molecule has 2 rings (SSSR count). The number of alkyl halides is 1. The highest BCUT2D eigenvalue weighted by Crippen LogP contribution is 2.39. The fourth-order valence-electron chi connectivity index (χ4n) is 1.45. The van der Waals surface area contributed by atoms with Crippen LogP contribution in [0.4, 0.5) is 5.69 Å². The van der Waals surface area contributed by atoms with Crippen molar-refractivity contribution in [2.24, 2.45) is 0 Å². The van der Waals surface area contributed by atoms with Gasteiger partial charge in [0.25, 0.3) is 5.69 Å². The molecule has 0 spiro atoms. The molecule has 5 heteroatoms. The Morgan fingerprint density at radius 2 is 2.36 bits per heavy atom. The second-order valence-electron chi connectivity index (χ2n) is 3.08. The Hall–Kier alpha value is -1.10. The minimum atomic E-state index is -0.415. The Labute approximate surface area is 89.2 Å². The highest BCUT2D eigenvalue weighted by atomic mass is 79.9. The quantitative estimate of drug-likeness (QED) is 0.442. The molecule has 0 aromatic heterocycles. The van der Waals surface area contributed by atoms with Gasteiger partial charge in [0.1, 0.15) is 5.75 Å². The van der Waals surface area contributed by atoms with E-state index in [1.807, 2.05) is 0 Å². The molecule has 1 heterocycles. The summed E-state index contributed by atoms with van der Waals surface area (Å²) in [5.41, 5.74) is 1.06. The number of nitro groups is 1. The zero-order valence-electron chi connectivity index (χ0n) is 7.27. The van der Waals surface area contributed by atoms with E-state index in [0.29, 0.717) is 12.4 Å². The van der Waals surface area contributed by atoms with E-state index in [2.05, 4.69) is 15.9 Å². The number of hydrogen-bond donors (Lipinski definition) is 0. The zero-order chi connectivity index (χ0) is 10.1. The maximum Gasteiger partial charge on any atom is 0.273 e. The van der Waals surface area contributed by atoms with Crippen molar-refractivity contribution in [1.82, 2.24) is 0 Å². The maximum atomic E-state index is 10.5. The van der Waals surface area contributed by atoms with Crippen LogP contribution in [0.1, 0.15) is 16.8 Å². The van der Waals surface area contributed by atoms with Crippen molar-refractivity contribution in [3.8, 4) is 5.75 Å². The number of non-ortho nitro benzene ring substituents is 1. The normalized spacial score (nSPS) is 19.6. The van der Waals surface area contributed by atoms with Crippen LogP contribution in [0.15, 0.2) is 18.2 Å². The van der Waals surface area contributed by atoms with E-state index in [9.17, 15) is 10.1 Å². The molecule has 1 unspecified atom stereocenters. The van der Waals surface area contributed by atoms with Gasteiger partial charge in [0.15, 0.2) is 0 Å². The van der Waals surface area contributed by atoms with Crippen molar-refractivity contribution in [2.45, 2.75) is 11.2 Å². The lowest BCUT2D eigenvalue weighted by atomic mass is 10.1. The Morgan fingerprint density at radius 1 is 1.57 bits per heavy atom. The van der Waals surface area contributed by atoms with Gasteiger partial charge in [-0.3, -0.25) is 10.1 Å². The smallest absolute Gasteiger partial charge is 0.273 e. The van der Waals surface area contributed by atoms with Gasteiger partial charge in [-0.2, -0.15) is 0 Å². The van der Waals surface area contributed by atoms with Crippen molar-refractivity contribution in [2.75, 3.05) is 6.61 Å². The minimum Gasteiger partial charge on any atom is -0.493 e. The highest BCUT2D eigenvalue weighted by molar-refractivity contribution is 9.09. The number of hydrogen-bond acceptors (Lipinski definition) is 3. The van der Waals surface area contributed by atoms with Gasteiger partial charge in [0.05, 0.1) is 17.6 Å².